The molecule has 3 heterocycles. The first-order valence-electron chi connectivity index (χ1n) is 11.0. The van der Waals surface area contributed by atoms with Crippen LogP contribution in [0.2, 0.25) is 5.15 Å². The van der Waals surface area contributed by atoms with Gasteiger partial charge in [-0.05, 0) is 24.0 Å². The Bertz CT molecular complexity index is 1220. The summed E-state index contributed by atoms with van der Waals surface area (Å²) >= 11 is 5.97. The van der Waals surface area contributed by atoms with Gasteiger partial charge in [-0.1, -0.05) is 54.9 Å². The number of nitrogens with one attached hydrogen (secondary N) is 1. The SMILES string of the molecule is COc1cc(Cl)ncc1NC(=O)C1(c2ccccc2C(C)C)CN(C(=O)Cn2cc(C)nn2)C1. The number of anilines is 1. The molecule has 0 spiro atoms. The van der Waals surface area contributed by atoms with Crippen molar-refractivity contribution in [3.05, 3.63) is 64.7 Å². The predicted molar refractivity (Wildman–Crippen MR) is 128 cm³/mol. The smallest absolute Gasteiger partial charge is 0.244 e. The van der Waals surface area contributed by atoms with E-state index in [0.717, 1.165) is 16.8 Å². The largest absolute Gasteiger partial charge is 0.494 e. The highest BCUT2D eigenvalue weighted by atomic mass is 35.5. The number of aryl methyl sites for hydroxylation is 1. The van der Waals surface area contributed by atoms with Crippen molar-refractivity contribution >= 4 is 29.1 Å². The van der Waals surface area contributed by atoms with E-state index in [1.807, 2.05) is 31.2 Å². The number of methoxy groups -OCH3 is 1. The molecule has 3 aromatic rings. The van der Waals surface area contributed by atoms with Crippen LogP contribution in [-0.4, -0.2) is 56.9 Å². The summed E-state index contributed by atoms with van der Waals surface area (Å²) < 4.78 is 6.87. The molecule has 1 aromatic carbocycles. The first-order chi connectivity index (χ1) is 16.2. The third-order valence-corrected chi connectivity index (χ3v) is 6.27. The molecule has 0 unspecified atom stereocenters. The quantitative estimate of drug-likeness (QED) is 0.519. The highest BCUT2D eigenvalue weighted by Gasteiger charge is 2.53. The molecule has 4 rings (SSSR count). The predicted octanol–water partition coefficient (Wildman–Crippen LogP) is 3.19. The lowest BCUT2D eigenvalue weighted by Crippen LogP contribution is -2.67. The number of carbonyl (C=O) groups is 2. The first kappa shape index (κ1) is 23.7. The molecular formula is C24H27ClN6O3. The summed E-state index contributed by atoms with van der Waals surface area (Å²) in [5, 5.41) is 11.1. The fraction of sp³-hybridized carbons (Fsp3) is 0.375. The van der Waals surface area contributed by atoms with Gasteiger partial charge in [-0.15, -0.1) is 5.10 Å². The third-order valence-electron chi connectivity index (χ3n) is 6.06. The van der Waals surface area contributed by atoms with Crippen molar-refractivity contribution < 1.29 is 14.3 Å². The molecular weight excluding hydrogens is 456 g/mol. The molecule has 2 amide bonds. The number of nitrogens with zero attached hydrogens (tertiary/aromatic N) is 5. The number of halogens is 1. The van der Waals surface area contributed by atoms with Crippen LogP contribution < -0.4 is 10.1 Å². The van der Waals surface area contributed by atoms with Crippen molar-refractivity contribution in [3.8, 4) is 5.75 Å². The van der Waals surface area contributed by atoms with Crippen LogP contribution in [0.15, 0.2) is 42.7 Å². The van der Waals surface area contributed by atoms with E-state index in [1.54, 1.807) is 17.2 Å². The van der Waals surface area contributed by atoms with Gasteiger partial charge in [0.05, 0.1) is 19.0 Å². The van der Waals surface area contributed by atoms with Gasteiger partial charge >= 0.3 is 0 Å². The van der Waals surface area contributed by atoms with Crippen molar-refractivity contribution in [1.82, 2.24) is 24.9 Å². The van der Waals surface area contributed by atoms with Crippen LogP contribution in [0.1, 0.15) is 36.6 Å². The standard InChI is InChI=1S/C24H27ClN6O3/c1-15(2)17-7-5-6-8-18(17)24(23(33)27-19-10-26-21(25)9-20(19)34-4)13-30(14-24)22(32)12-31-11-16(3)28-29-31/h5-11,15H,12-14H2,1-4H3,(H,27,33). The second-order valence-corrected chi connectivity index (χ2v) is 9.18. The van der Waals surface area contributed by atoms with E-state index < -0.39 is 5.41 Å². The highest BCUT2D eigenvalue weighted by Crippen LogP contribution is 2.40. The number of pyridine rings is 1. The van der Waals surface area contributed by atoms with E-state index in [4.69, 9.17) is 16.3 Å². The number of rotatable bonds is 7. The maximum Gasteiger partial charge on any atom is 0.244 e. The molecule has 34 heavy (non-hydrogen) atoms. The minimum Gasteiger partial charge on any atom is -0.494 e. The molecule has 0 bridgehead atoms. The van der Waals surface area contributed by atoms with Gasteiger partial charge in [0.15, 0.2) is 0 Å². The van der Waals surface area contributed by atoms with Gasteiger partial charge in [-0.2, -0.15) is 0 Å². The van der Waals surface area contributed by atoms with Crippen LogP contribution in [0.4, 0.5) is 5.69 Å². The zero-order valence-corrected chi connectivity index (χ0v) is 20.3. The molecule has 9 nitrogen and oxygen atoms in total. The average molecular weight is 483 g/mol. The summed E-state index contributed by atoms with van der Waals surface area (Å²) in [5.74, 6) is 0.259. The third kappa shape index (κ3) is 4.48. The Morgan fingerprint density at radius 2 is 2.00 bits per heavy atom. The molecule has 0 aliphatic carbocycles. The molecule has 1 N–H and O–H groups in total. The van der Waals surface area contributed by atoms with Crippen molar-refractivity contribution in [2.75, 3.05) is 25.5 Å². The van der Waals surface area contributed by atoms with E-state index in [0.29, 0.717) is 11.4 Å². The van der Waals surface area contributed by atoms with Gasteiger partial charge in [-0.25, -0.2) is 9.67 Å². The van der Waals surface area contributed by atoms with Crippen LogP contribution in [0, 0.1) is 6.92 Å². The van der Waals surface area contributed by atoms with Crippen molar-refractivity contribution in [3.63, 3.8) is 0 Å². The number of carbonyl (C=O) groups excluding carboxylic acids is 2. The number of hydrogen-bond donors (Lipinski definition) is 1. The molecule has 1 fully saturated rings. The van der Waals surface area contributed by atoms with Crippen LogP contribution >= 0.6 is 11.6 Å². The van der Waals surface area contributed by atoms with Gasteiger partial charge in [0, 0.05) is 25.4 Å². The highest BCUT2D eigenvalue weighted by molar-refractivity contribution is 6.29. The Hall–Kier alpha value is -3.46. The molecule has 0 radical (unpaired) electrons. The monoisotopic (exact) mass is 482 g/mol. The number of benzene rings is 1. The summed E-state index contributed by atoms with van der Waals surface area (Å²) in [5.41, 5.74) is 2.21. The summed E-state index contributed by atoms with van der Waals surface area (Å²) in [4.78, 5) is 32.4. The summed E-state index contributed by atoms with van der Waals surface area (Å²) in [6.45, 7) is 6.56. The Morgan fingerprint density at radius 3 is 2.65 bits per heavy atom. The van der Waals surface area contributed by atoms with Crippen molar-refractivity contribution in [2.45, 2.75) is 38.6 Å². The minimum atomic E-state index is -0.917. The normalized spacial score (nSPS) is 14.6. The number of likely N-dealkylation sites (tertiary alicyclic amines) is 1. The van der Waals surface area contributed by atoms with Crippen molar-refractivity contribution in [1.29, 1.82) is 0 Å². The van der Waals surface area contributed by atoms with E-state index in [-0.39, 0.29) is 42.5 Å². The molecule has 1 aliphatic heterocycles. The van der Waals surface area contributed by atoms with E-state index in [9.17, 15) is 9.59 Å². The Labute approximate surface area is 203 Å². The molecule has 2 aromatic heterocycles. The number of aromatic nitrogens is 4. The van der Waals surface area contributed by atoms with Gasteiger partial charge in [0.2, 0.25) is 11.8 Å². The number of ether oxygens (including phenoxy) is 1. The molecule has 178 valence electrons. The number of amides is 2. The summed E-state index contributed by atoms with van der Waals surface area (Å²) in [7, 11) is 1.50. The fourth-order valence-corrected chi connectivity index (χ4v) is 4.43. The average Bonchev–Trinajstić information content (AvgIpc) is 3.18. The lowest BCUT2D eigenvalue weighted by atomic mass is 9.69. The Morgan fingerprint density at radius 1 is 1.26 bits per heavy atom. The van der Waals surface area contributed by atoms with E-state index >= 15 is 0 Å². The van der Waals surface area contributed by atoms with Gasteiger partial charge in [-0.3, -0.25) is 9.59 Å². The van der Waals surface area contributed by atoms with E-state index in [2.05, 4.69) is 34.5 Å². The fourth-order valence-electron chi connectivity index (χ4n) is 4.28. The minimum absolute atomic E-state index is 0.0687. The second-order valence-electron chi connectivity index (χ2n) is 8.79. The van der Waals surface area contributed by atoms with E-state index in [1.165, 1.54) is 18.0 Å². The maximum atomic E-state index is 13.8. The van der Waals surface area contributed by atoms with Gasteiger partial charge in [0.25, 0.3) is 0 Å². The van der Waals surface area contributed by atoms with Gasteiger partial charge < -0.3 is 15.0 Å². The van der Waals surface area contributed by atoms with Crippen LogP contribution in [0.3, 0.4) is 0 Å². The lowest BCUT2D eigenvalue weighted by Gasteiger charge is -2.50. The first-order valence-corrected chi connectivity index (χ1v) is 11.4. The Kier molecular flexibility index (Phi) is 6.56. The molecule has 1 aliphatic rings. The maximum absolute atomic E-state index is 13.8. The lowest BCUT2D eigenvalue weighted by molar-refractivity contribution is -0.144. The zero-order chi connectivity index (χ0) is 24.5. The summed E-state index contributed by atoms with van der Waals surface area (Å²) in [6.07, 6.45) is 3.18. The van der Waals surface area contributed by atoms with Gasteiger partial charge in [0.1, 0.15) is 28.5 Å². The molecule has 10 heteroatoms. The topological polar surface area (TPSA) is 102 Å². The van der Waals surface area contributed by atoms with Crippen LogP contribution in [-0.2, 0) is 21.5 Å². The Balaban J connectivity index is 1.64. The number of hydrogen-bond acceptors (Lipinski definition) is 6. The molecule has 0 atom stereocenters. The van der Waals surface area contributed by atoms with Crippen molar-refractivity contribution in [2.24, 2.45) is 0 Å². The molecule has 1 saturated heterocycles. The van der Waals surface area contributed by atoms with Crippen LogP contribution in [0.25, 0.3) is 0 Å². The zero-order valence-electron chi connectivity index (χ0n) is 19.6. The van der Waals surface area contributed by atoms with Crippen LogP contribution in [0.5, 0.6) is 5.75 Å². The molecule has 0 saturated carbocycles. The second kappa shape index (κ2) is 9.42. The summed E-state index contributed by atoms with van der Waals surface area (Å²) in [6, 6.07) is 9.42.